The highest BCUT2D eigenvalue weighted by Crippen LogP contribution is 1.57. The minimum atomic E-state index is 0.112. The monoisotopic (exact) mass is 87.1 g/mol. The second-order valence-electron chi connectivity index (χ2n) is 0.874. The third-order valence-corrected chi connectivity index (χ3v) is 0.390. The van der Waals surface area contributed by atoms with Crippen LogP contribution in [0.3, 0.4) is 0 Å². The zero-order valence-corrected chi connectivity index (χ0v) is 3.81. The first-order chi connectivity index (χ1) is 2.91. The maximum atomic E-state index is 8.07. The normalized spacial score (nSPS) is 9.67. The Morgan fingerprint density at radius 3 is 2.67 bits per heavy atom. The van der Waals surface area contributed by atoms with Crippen LogP contribution in [-0.4, -0.2) is 18.8 Å². The Balaban J connectivity index is 2.73. The molecular formula is C4H9NO. The van der Waals surface area contributed by atoms with Crippen molar-refractivity contribution in [2.75, 3.05) is 13.7 Å². The third-order valence-electron chi connectivity index (χ3n) is 0.390. The molecule has 0 aromatic rings. The molecule has 0 rings (SSSR count). The summed E-state index contributed by atoms with van der Waals surface area (Å²) in [6, 6.07) is 0. The Labute approximate surface area is 37.5 Å². The van der Waals surface area contributed by atoms with Crippen molar-refractivity contribution in [1.29, 1.82) is 0 Å². The standard InChI is InChI=1S/C4H9NO/c1-5-3-2-4-6/h2-3,5-6H,4H2,1H3. The molecule has 2 nitrogen and oxygen atoms in total. The minimum Gasteiger partial charge on any atom is -0.394 e. The lowest BCUT2D eigenvalue weighted by atomic mass is 10.7. The van der Waals surface area contributed by atoms with Gasteiger partial charge < -0.3 is 10.4 Å². The van der Waals surface area contributed by atoms with Crippen LogP contribution in [0.5, 0.6) is 0 Å². The Morgan fingerprint density at radius 2 is 2.50 bits per heavy atom. The maximum absolute atomic E-state index is 8.07. The van der Waals surface area contributed by atoms with Gasteiger partial charge in [0.25, 0.3) is 0 Å². The minimum absolute atomic E-state index is 0.112. The summed E-state index contributed by atoms with van der Waals surface area (Å²) >= 11 is 0. The van der Waals surface area contributed by atoms with Crippen LogP contribution >= 0.6 is 0 Å². The van der Waals surface area contributed by atoms with Crippen LogP contribution in [0.1, 0.15) is 0 Å². The van der Waals surface area contributed by atoms with Crippen molar-refractivity contribution >= 4 is 0 Å². The SMILES string of the molecule is CNC=CCO. The van der Waals surface area contributed by atoms with E-state index in [0.717, 1.165) is 0 Å². The summed E-state index contributed by atoms with van der Waals surface area (Å²) in [6.45, 7) is 0.112. The average molecular weight is 87.1 g/mol. The smallest absolute Gasteiger partial charge is 0.0629 e. The van der Waals surface area contributed by atoms with Crippen molar-refractivity contribution in [1.82, 2.24) is 5.32 Å². The van der Waals surface area contributed by atoms with Crippen molar-refractivity contribution < 1.29 is 5.11 Å². The summed E-state index contributed by atoms with van der Waals surface area (Å²) < 4.78 is 0. The maximum Gasteiger partial charge on any atom is 0.0629 e. The molecule has 0 saturated heterocycles. The lowest BCUT2D eigenvalue weighted by molar-refractivity contribution is 0.342. The molecule has 0 amide bonds. The van der Waals surface area contributed by atoms with Gasteiger partial charge in [-0.3, -0.25) is 0 Å². The molecule has 2 N–H and O–H groups in total. The van der Waals surface area contributed by atoms with Gasteiger partial charge in [0.1, 0.15) is 0 Å². The average Bonchev–Trinajstić information content (AvgIpc) is 1.61. The van der Waals surface area contributed by atoms with E-state index in [9.17, 15) is 0 Å². The van der Waals surface area contributed by atoms with Gasteiger partial charge in [-0.1, -0.05) is 0 Å². The Hall–Kier alpha value is -0.500. The van der Waals surface area contributed by atoms with Gasteiger partial charge in [0.2, 0.25) is 0 Å². The van der Waals surface area contributed by atoms with Gasteiger partial charge in [0, 0.05) is 7.05 Å². The molecule has 0 bridgehead atoms. The molecule has 0 heterocycles. The molecule has 0 spiro atoms. The molecule has 0 unspecified atom stereocenters. The Kier molecular flexibility index (Phi) is 4.12. The molecule has 0 aromatic carbocycles. The second kappa shape index (κ2) is 4.50. The highest BCUT2D eigenvalue weighted by Gasteiger charge is 1.57. The van der Waals surface area contributed by atoms with E-state index in [1.165, 1.54) is 0 Å². The van der Waals surface area contributed by atoms with Crippen LogP contribution in [-0.2, 0) is 0 Å². The van der Waals surface area contributed by atoms with Crippen LogP contribution in [0, 0.1) is 0 Å². The quantitative estimate of drug-likeness (QED) is 0.485. The summed E-state index contributed by atoms with van der Waals surface area (Å²) in [5.74, 6) is 0. The number of hydrogen-bond acceptors (Lipinski definition) is 2. The van der Waals surface area contributed by atoms with Gasteiger partial charge in [-0.25, -0.2) is 0 Å². The predicted molar refractivity (Wildman–Crippen MR) is 25.3 cm³/mol. The first kappa shape index (κ1) is 5.50. The van der Waals surface area contributed by atoms with Crippen LogP contribution in [0.15, 0.2) is 12.3 Å². The summed E-state index contributed by atoms with van der Waals surface area (Å²) in [7, 11) is 1.78. The largest absolute Gasteiger partial charge is 0.394 e. The second-order valence-corrected chi connectivity index (χ2v) is 0.874. The van der Waals surface area contributed by atoms with Crippen LogP contribution in [0.25, 0.3) is 0 Å². The molecule has 36 valence electrons. The van der Waals surface area contributed by atoms with Gasteiger partial charge in [0.15, 0.2) is 0 Å². The highest BCUT2D eigenvalue weighted by atomic mass is 16.2. The van der Waals surface area contributed by atoms with Crippen LogP contribution in [0.2, 0.25) is 0 Å². The molecule has 2 heteroatoms. The van der Waals surface area contributed by atoms with E-state index >= 15 is 0 Å². The first-order valence-corrected chi connectivity index (χ1v) is 1.85. The molecule has 0 aliphatic heterocycles. The zero-order valence-electron chi connectivity index (χ0n) is 3.81. The van der Waals surface area contributed by atoms with Gasteiger partial charge >= 0.3 is 0 Å². The molecule has 0 saturated carbocycles. The van der Waals surface area contributed by atoms with E-state index in [1.807, 2.05) is 0 Å². The summed E-state index contributed by atoms with van der Waals surface area (Å²) in [6.07, 6.45) is 3.31. The fraction of sp³-hybridized carbons (Fsp3) is 0.500. The van der Waals surface area contributed by atoms with Gasteiger partial charge in [0.05, 0.1) is 6.61 Å². The van der Waals surface area contributed by atoms with E-state index in [-0.39, 0.29) is 6.61 Å². The Bertz CT molecular complexity index is 36.8. The fourth-order valence-corrected chi connectivity index (χ4v) is 0.171. The van der Waals surface area contributed by atoms with E-state index in [0.29, 0.717) is 0 Å². The van der Waals surface area contributed by atoms with Crippen molar-refractivity contribution in [2.24, 2.45) is 0 Å². The molecule has 0 aromatic heterocycles. The van der Waals surface area contributed by atoms with Gasteiger partial charge in [-0.2, -0.15) is 0 Å². The predicted octanol–water partition coefficient (Wildman–Crippen LogP) is -0.288. The molecule has 0 fully saturated rings. The zero-order chi connectivity index (χ0) is 4.83. The number of aliphatic hydroxyl groups is 1. The van der Waals surface area contributed by atoms with E-state index < -0.39 is 0 Å². The van der Waals surface area contributed by atoms with Crippen molar-refractivity contribution in [3.63, 3.8) is 0 Å². The molecule has 0 atom stereocenters. The topological polar surface area (TPSA) is 32.3 Å². The van der Waals surface area contributed by atoms with Crippen LogP contribution in [0.4, 0.5) is 0 Å². The van der Waals surface area contributed by atoms with Crippen molar-refractivity contribution in [3.8, 4) is 0 Å². The van der Waals surface area contributed by atoms with Crippen molar-refractivity contribution in [2.45, 2.75) is 0 Å². The number of nitrogens with one attached hydrogen (secondary N) is 1. The lowest BCUT2D eigenvalue weighted by Gasteiger charge is -1.79. The molecule has 6 heavy (non-hydrogen) atoms. The van der Waals surface area contributed by atoms with Crippen LogP contribution < -0.4 is 5.32 Å². The first-order valence-electron chi connectivity index (χ1n) is 1.85. The molecule has 0 radical (unpaired) electrons. The number of aliphatic hydroxyl groups excluding tert-OH is 1. The lowest BCUT2D eigenvalue weighted by Crippen LogP contribution is -1.91. The summed E-state index contributed by atoms with van der Waals surface area (Å²) in [5, 5.41) is 10.8. The highest BCUT2D eigenvalue weighted by molar-refractivity contribution is 4.75. The number of rotatable bonds is 2. The summed E-state index contributed by atoms with van der Waals surface area (Å²) in [4.78, 5) is 0. The van der Waals surface area contributed by atoms with E-state index in [4.69, 9.17) is 5.11 Å². The van der Waals surface area contributed by atoms with Crippen molar-refractivity contribution in [3.05, 3.63) is 12.3 Å². The van der Waals surface area contributed by atoms with E-state index in [1.54, 1.807) is 19.3 Å². The Morgan fingerprint density at radius 1 is 1.83 bits per heavy atom. The van der Waals surface area contributed by atoms with Gasteiger partial charge in [-0.05, 0) is 12.3 Å². The molecule has 0 aliphatic carbocycles. The molecular weight excluding hydrogens is 78.0 g/mol. The van der Waals surface area contributed by atoms with E-state index in [2.05, 4.69) is 5.32 Å². The fourth-order valence-electron chi connectivity index (χ4n) is 0.171. The summed E-state index contributed by atoms with van der Waals surface area (Å²) in [5.41, 5.74) is 0. The molecule has 0 aliphatic rings. The number of hydrogen-bond donors (Lipinski definition) is 2. The van der Waals surface area contributed by atoms with Gasteiger partial charge in [-0.15, -0.1) is 0 Å². The third kappa shape index (κ3) is 3.50.